The predicted octanol–water partition coefficient (Wildman–Crippen LogP) is 4.13. The van der Waals surface area contributed by atoms with Crippen molar-refractivity contribution in [1.29, 1.82) is 0 Å². The van der Waals surface area contributed by atoms with Gasteiger partial charge in [-0.15, -0.1) is 0 Å². The first-order valence-electron chi connectivity index (χ1n) is 9.02. The normalized spacial score (nSPS) is 16.1. The maximum Gasteiger partial charge on any atom is 0.262 e. The molecule has 0 bridgehead atoms. The number of hydrogen-bond donors (Lipinski definition) is 2. The number of nitrogens with zero attached hydrogens (tertiary/aromatic N) is 3. The summed E-state index contributed by atoms with van der Waals surface area (Å²) in [6.45, 7) is 1.98. The van der Waals surface area contributed by atoms with Gasteiger partial charge < -0.3 is 19.7 Å². The Balaban J connectivity index is 1.77. The van der Waals surface area contributed by atoms with E-state index >= 15 is 0 Å². The van der Waals surface area contributed by atoms with Gasteiger partial charge in [0.25, 0.3) is 5.91 Å². The summed E-state index contributed by atoms with van der Waals surface area (Å²) in [5.74, 6) is -0.0433. The highest BCUT2D eigenvalue weighted by Gasteiger charge is 2.31. The van der Waals surface area contributed by atoms with Crippen LogP contribution in [-0.2, 0) is 13.5 Å². The maximum atomic E-state index is 13.2. The van der Waals surface area contributed by atoms with E-state index in [0.29, 0.717) is 0 Å². The molecule has 0 fully saturated rings. The Hall–Kier alpha value is -2.99. The average molecular weight is 398 g/mol. The molecule has 2 heterocycles. The van der Waals surface area contributed by atoms with E-state index in [1.54, 1.807) is 11.1 Å². The van der Waals surface area contributed by atoms with Gasteiger partial charge in [0.15, 0.2) is 0 Å². The lowest BCUT2D eigenvalue weighted by molar-refractivity contribution is 0.0972. The van der Waals surface area contributed by atoms with Crippen LogP contribution in [0.15, 0.2) is 42.7 Å². The van der Waals surface area contributed by atoms with Crippen molar-refractivity contribution in [3.05, 3.63) is 58.9 Å². The van der Waals surface area contributed by atoms with E-state index in [1.807, 2.05) is 36.9 Å². The van der Waals surface area contributed by atoms with Gasteiger partial charge in [0.2, 0.25) is 0 Å². The Morgan fingerprint density at radius 3 is 2.71 bits per heavy atom. The molecule has 1 atom stereocenters. The fraction of sp³-hybridized carbons (Fsp3) is 0.238. The van der Waals surface area contributed by atoms with Crippen molar-refractivity contribution in [2.45, 2.75) is 25.8 Å². The Labute approximate surface area is 167 Å². The van der Waals surface area contributed by atoms with Crippen molar-refractivity contribution in [3.63, 3.8) is 0 Å². The second-order valence-corrected chi connectivity index (χ2v) is 7.50. The number of aryl methyl sites for hydroxylation is 2. The molecule has 7 heteroatoms. The number of benzene rings is 2. The zero-order valence-electron chi connectivity index (χ0n) is 15.6. The van der Waals surface area contributed by atoms with Gasteiger partial charge in [-0.05, 0) is 49.6 Å². The lowest BCUT2D eigenvalue weighted by Crippen LogP contribution is -2.42. The highest BCUT2D eigenvalue weighted by Crippen LogP contribution is 2.37. The second kappa shape index (κ2) is 6.87. The summed E-state index contributed by atoms with van der Waals surface area (Å²) >= 11 is 5.96. The number of phenolic OH excluding ortho intramolecular Hbond substituents is 2. The first-order valence-corrected chi connectivity index (χ1v) is 9.40. The number of carbonyl (C=O) groups is 1. The molecule has 0 saturated carbocycles. The van der Waals surface area contributed by atoms with Crippen LogP contribution in [0.2, 0.25) is 5.02 Å². The third-order valence-electron chi connectivity index (χ3n) is 5.20. The van der Waals surface area contributed by atoms with E-state index in [4.69, 9.17) is 11.6 Å². The molecule has 144 valence electrons. The van der Waals surface area contributed by atoms with Crippen molar-refractivity contribution in [1.82, 2.24) is 9.55 Å². The number of fused-ring (bicyclic) bond motifs is 1. The van der Waals surface area contributed by atoms with Gasteiger partial charge in [-0.25, -0.2) is 4.98 Å². The highest BCUT2D eigenvalue weighted by atomic mass is 35.5. The predicted molar refractivity (Wildman–Crippen MR) is 108 cm³/mol. The lowest BCUT2D eigenvalue weighted by atomic mass is 9.94. The van der Waals surface area contributed by atoms with E-state index in [2.05, 4.69) is 11.1 Å². The van der Waals surface area contributed by atoms with E-state index in [9.17, 15) is 15.0 Å². The monoisotopic (exact) mass is 397 g/mol. The van der Waals surface area contributed by atoms with Crippen LogP contribution in [-0.4, -0.2) is 31.7 Å². The molecule has 3 aromatic rings. The molecule has 2 aromatic carbocycles. The molecule has 0 radical (unpaired) electrons. The molecule has 1 aliphatic rings. The number of aromatic hydroxyl groups is 2. The summed E-state index contributed by atoms with van der Waals surface area (Å²) in [6, 6.07) is 8.29. The number of phenols is 2. The maximum absolute atomic E-state index is 13.2. The molecular weight excluding hydrogens is 378 g/mol. The van der Waals surface area contributed by atoms with Gasteiger partial charge in [-0.2, -0.15) is 0 Å². The molecule has 4 rings (SSSR count). The molecule has 6 nitrogen and oxygen atoms in total. The SMILES string of the molecule is CC1CCc2cc(-c3nccn3C)ccc2N1C(=O)c1cc(Cl)c(O)cc1O. The van der Waals surface area contributed by atoms with Crippen LogP contribution in [0.1, 0.15) is 29.3 Å². The number of halogens is 1. The summed E-state index contributed by atoms with van der Waals surface area (Å²) in [6.07, 6.45) is 5.30. The van der Waals surface area contributed by atoms with Crippen molar-refractivity contribution in [2.75, 3.05) is 4.90 Å². The number of amides is 1. The van der Waals surface area contributed by atoms with Gasteiger partial charge in [-0.1, -0.05) is 11.6 Å². The Morgan fingerprint density at radius 2 is 2.00 bits per heavy atom. The summed E-state index contributed by atoms with van der Waals surface area (Å²) in [4.78, 5) is 19.3. The third-order valence-corrected chi connectivity index (χ3v) is 5.51. The van der Waals surface area contributed by atoms with Crippen LogP contribution in [0.25, 0.3) is 11.4 Å². The van der Waals surface area contributed by atoms with Crippen LogP contribution in [0.3, 0.4) is 0 Å². The number of anilines is 1. The number of carbonyl (C=O) groups excluding carboxylic acids is 1. The molecule has 1 unspecified atom stereocenters. The summed E-state index contributed by atoms with van der Waals surface area (Å²) in [7, 11) is 1.94. The number of aromatic nitrogens is 2. The minimum absolute atomic E-state index is 0.0242. The van der Waals surface area contributed by atoms with Crippen LogP contribution >= 0.6 is 11.6 Å². The topological polar surface area (TPSA) is 78.6 Å². The van der Waals surface area contributed by atoms with E-state index in [-0.39, 0.29) is 34.0 Å². The molecule has 28 heavy (non-hydrogen) atoms. The quantitative estimate of drug-likeness (QED) is 0.681. The fourth-order valence-corrected chi connectivity index (χ4v) is 3.86. The van der Waals surface area contributed by atoms with Crippen molar-refractivity contribution in [3.8, 4) is 22.9 Å². The summed E-state index contributed by atoms with van der Waals surface area (Å²) in [5, 5.41) is 19.8. The van der Waals surface area contributed by atoms with Crippen LogP contribution < -0.4 is 4.90 Å². The molecule has 0 aliphatic carbocycles. The minimum atomic E-state index is -0.349. The molecule has 1 aliphatic heterocycles. The average Bonchev–Trinajstić information content (AvgIpc) is 3.09. The van der Waals surface area contributed by atoms with Crippen molar-refractivity contribution >= 4 is 23.2 Å². The molecular formula is C21H20ClN3O3. The van der Waals surface area contributed by atoms with Gasteiger partial charge in [-0.3, -0.25) is 4.79 Å². The van der Waals surface area contributed by atoms with Crippen molar-refractivity contribution < 1.29 is 15.0 Å². The Bertz CT molecular complexity index is 1080. The van der Waals surface area contributed by atoms with E-state index in [0.717, 1.165) is 41.5 Å². The van der Waals surface area contributed by atoms with Gasteiger partial charge in [0, 0.05) is 42.8 Å². The van der Waals surface area contributed by atoms with Crippen LogP contribution in [0, 0.1) is 0 Å². The largest absolute Gasteiger partial charge is 0.507 e. The third kappa shape index (κ3) is 2.99. The van der Waals surface area contributed by atoms with E-state index < -0.39 is 0 Å². The zero-order valence-corrected chi connectivity index (χ0v) is 16.3. The lowest BCUT2D eigenvalue weighted by Gasteiger charge is -2.35. The van der Waals surface area contributed by atoms with Gasteiger partial charge in [0.1, 0.15) is 17.3 Å². The summed E-state index contributed by atoms with van der Waals surface area (Å²) in [5.41, 5.74) is 2.92. The number of hydrogen-bond acceptors (Lipinski definition) is 4. The fourth-order valence-electron chi connectivity index (χ4n) is 3.70. The van der Waals surface area contributed by atoms with Crippen molar-refractivity contribution in [2.24, 2.45) is 7.05 Å². The Morgan fingerprint density at radius 1 is 1.21 bits per heavy atom. The minimum Gasteiger partial charge on any atom is -0.507 e. The van der Waals surface area contributed by atoms with Gasteiger partial charge in [0.05, 0.1) is 10.6 Å². The molecule has 0 spiro atoms. The first-order chi connectivity index (χ1) is 13.4. The number of rotatable bonds is 2. The summed E-state index contributed by atoms with van der Waals surface area (Å²) < 4.78 is 1.95. The first kappa shape index (κ1) is 18.4. The smallest absolute Gasteiger partial charge is 0.262 e. The number of imidazole rings is 1. The molecule has 1 amide bonds. The second-order valence-electron chi connectivity index (χ2n) is 7.09. The molecule has 0 saturated heterocycles. The van der Waals surface area contributed by atoms with Crippen LogP contribution in [0.5, 0.6) is 11.5 Å². The highest BCUT2D eigenvalue weighted by molar-refractivity contribution is 6.32. The van der Waals surface area contributed by atoms with Crippen LogP contribution in [0.4, 0.5) is 5.69 Å². The zero-order chi connectivity index (χ0) is 20.0. The standard InChI is InChI=1S/C21H20ClN3O3/c1-12-3-4-13-9-14(20-23-7-8-24(20)2)5-6-17(13)25(12)21(28)15-10-16(22)19(27)11-18(15)26/h5-12,26-27H,3-4H2,1-2H3. The molecule has 1 aromatic heterocycles. The Kier molecular flexibility index (Phi) is 4.51. The van der Waals surface area contributed by atoms with E-state index in [1.165, 1.54) is 6.07 Å². The van der Waals surface area contributed by atoms with Gasteiger partial charge >= 0.3 is 0 Å². The molecule has 2 N–H and O–H groups in total.